The minimum atomic E-state index is -4.21. The number of nitrogens with zero attached hydrogens (tertiary/aromatic N) is 3. The van der Waals surface area contributed by atoms with Gasteiger partial charge in [-0.3, -0.25) is 5.32 Å². The van der Waals surface area contributed by atoms with Crippen molar-refractivity contribution in [1.29, 1.82) is 0 Å². The zero-order valence-corrected chi connectivity index (χ0v) is 17.1. The number of benzene rings is 1. The summed E-state index contributed by atoms with van der Waals surface area (Å²) >= 11 is 1.49. The second kappa shape index (κ2) is 8.84. The van der Waals surface area contributed by atoms with Crippen LogP contribution in [0.4, 0.5) is 10.7 Å². The van der Waals surface area contributed by atoms with E-state index in [0.29, 0.717) is 5.82 Å². The van der Waals surface area contributed by atoms with E-state index in [4.69, 9.17) is 9.47 Å². The molecule has 0 bridgehead atoms. The number of aromatic nitrogens is 3. The van der Waals surface area contributed by atoms with Gasteiger partial charge in [0.1, 0.15) is 23.1 Å². The Balaban J connectivity index is 1.74. The van der Waals surface area contributed by atoms with Gasteiger partial charge in [0.05, 0.1) is 7.11 Å². The number of nitrogens with one attached hydrogen (secondary N) is 2. The minimum absolute atomic E-state index is 0.0111. The number of urea groups is 1. The fourth-order valence-electron chi connectivity index (χ4n) is 2.24. The van der Waals surface area contributed by atoms with Crippen LogP contribution in [0.1, 0.15) is 10.7 Å². The maximum Gasteiger partial charge on any atom is 0.335 e. The predicted octanol–water partition coefficient (Wildman–Crippen LogP) is 2.34. The molecule has 0 saturated heterocycles. The summed E-state index contributed by atoms with van der Waals surface area (Å²) in [6.07, 6.45) is 0. The summed E-state index contributed by atoms with van der Waals surface area (Å²) in [7, 11) is -2.86. The number of rotatable bonds is 7. The molecule has 2 amide bonds. The van der Waals surface area contributed by atoms with E-state index < -0.39 is 16.1 Å². The quantitative estimate of drug-likeness (QED) is 0.578. The second-order valence-corrected chi connectivity index (χ2v) is 8.25. The Kier molecular flexibility index (Phi) is 6.24. The van der Waals surface area contributed by atoms with Crippen molar-refractivity contribution in [3.05, 3.63) is 52.5 Å². The maximum absolute atomic E-state index is 12.7. The third kappa shape index (κ3) is 5.39. The molecule has 3 rings (SSSR count). The lowest BCUT2D eigenvalue weighted by molar-refractivity contribution is 0.256. The van der Waals surface area contributed by atoms with Crippen molar-refractivity contribution >= 4 is 33.3 Å². The van der Waals surface area contributed by atoms with Crippen molar-refractivity contribution in [2.75, 3.05) is 12.4 Å². The molecule has 1 aromatic carbocycles. The molecule has 0 aliphatic heterocycles. The molecule has 0 aliphatic carbocycles. The van der Waals surface area contributed by atoms with Crippen LogP contribution in [0, 0.1) is 6.92 Å². The molecular formula is C17H17N5O5S2. The molecular weight excluding hydrogens is 418 g/mol. The molecule has 10 nitrogen and oxygen atoms in total. The van der Waals surface area contributed by atoms with Crippen LogP contribution in [0.2, 0.25) is 0 Å². The van der Waals surface area contributed by atoms with E-state index in [1.165, 1.54) is 36.6 Å². The Morgan fingerprint density at radius 1 is 1.14 bits per heavy atom. The van der Waals surface area contributed by atoms with Crippen molar-refractivity contribution in [3.8, 4) is 11.8 Å². The number of thiophene rings is 1. The number of carbonyl (C=O) groups is 1. The number of hydrogen-bond donors (Lipinski definition) is 2. The van der Waals surface area contributed by atoms with E-state index in [9.17, 15) is 13.2 Å². The number of methoxy groups -OCH3 is 1. The molecule has 0 atom stereocenters. The summed E-state index contributed by atoms with van der Waals surface area (Å²) < 4.78 is 37.8. The van der Waals surface area contributed by atoms with Gasteiger partial charge in [0, 0.05) is 4.88 Å². The van der Waals surface area contributed by atoms with Gasteiger partial charge in [-0.05, 0) is 30.5 Å². The Bertz CT molecular complexity index is 1100. The summed E-state index contributed by atoms with van der Waals surface area (Å²) in [4.78, 5) is 24.6. The molecule has 0 spiro atoms. The van der Waals surface area contributed by atoms with E-state index in [0.717, 1.165) is 4.88 Å². The van der Waals surface area contributed by atoms with Crippen LogP contribution >= 0.6 is 11.3 Å². The van der Waals surface area contributed by atoms with Gasteiger partial charge in [-0.15, -0.1) is 11.3 Å². The van der Waals surface area contributed by atoms with E-state index in [1.54, 1.807) is 13.0 Å². The van der Waals surface area contributed by atoms with Gasteiger partial charge in [-0.1, -0.05) is 18.2 Å². The van der Waals surface area contributed by atoms with Gasteiger partial charge in [-0.25, -0.2) is 17.9 Å². The highest BCUT2D eigenvalue weighted by molar-refractivity contribution is 7.90. The van der Waals surface area contributed by atoms with Crippen LogP contribution in [0.25, 0.3) is 0 Å². The van der Waals surface area contributed by atoms with Gasteiger partial charge in [0.25, 0.3) is 10.0 Å². The predicted molar refractivity (Wildman–Crippen MR) is 106 cm³/mol. The molecule has 0 aliphatic rings. The summed E-state index contributed by atoms with van der Waals surface area (Å²) in [5.74, 6) is 0.269. The number of carbonyl (C=O) groups excluding carboxylic acids is 1. The Morgan fingerprint density at radius 3 is 2.66 bits per heavy atom. The van der Waals surface area contributed by atoms with Crippen molar-refractivity contribution in [2.24, 2.45) is 0 Å². The third-order valence-corrected chi connectivity index (χ3v) is 5.67. The summed E-state index contributed by atoms with van der Waals surface area (Å²) in [5, 5.41) is 4.14. The first-order valence-electron chi connectivity index (χ1n) is 8.22. The molecule has 0 unspecified atom stereocenters. The molecule has 152 valence electrons. The van der Waals surface area contributed by atoms with Gasteiger partial charge < -0.3 is 9.47 Å². The molecule has 0 radical (unpaired) electrons. The van der Waals surface area contributed by atoms with Gasteiger partial charge in [0.15, 0.2) is 0 Å². The van der Waals surface area contributed by atoms with E-state index in [1.807, 2.05) is 22.2 Å². The Labute approximate surface area is 171 Å². The highest BCUT2D eigenvalue weighted by Gasteiger charge is 2.23. The van der Waals surface area contributed by atoms with Gasteiger partial charge in [-0.2, -0.15) is 15.0 Å². The van der Waals surface area contributed by atoms with Crippen LogP contribution < -0.4 is 19.5 Å². The van der Waals surface area contributed by atoms with Gasteiger partial charge >= 0.3 is 12.0 Å². The number of amides is 2. The Morgan fingerprint density at radius 2 is 1.93 bits per heavy atom. The van der Waals surface area contributed by atoms with Crippen molar-refractivity contribution < 1.29 is 22.7 Å². The number of para-hydroxylation sites is 1. The average Bonchev–Trinajstić information content (AvgIpc) is 3.19. The topological polar surface area (TPSA) is 132 Å². The summed E-state index contributed by atoms with van der Waals surface area (Å²) in [5.41, 5.74) is 0. The standard InChI is InChI=1S/C17H17N5O5S2/c1-11-18-15(21-17(19-11)26-2)20-16(23)22-29(24,25)14-8-4-3-7-13(14)27-10-12-6-5-9-28-12/h3-9H,10H2,1-2H3,(H2,18,19,20,21,22,23). The van der Waals surface area contributed by atoms with Crippen LogP contribution in [0.3, 0.4) is 0 Å². The van der Waals surface area contributed by atoms with Crippen molar-refractivity contribution in [2.45, 2.75) is 18.4 Å². The molecule has 0 fully saturated rings. The smallest absolute Gasteiger partial charge is 0.335 e. The first kappa shape index (κ1) is 20.5. The SMILES string of the molecule is COc1nc(C)nc(NC(=O)NS(=O)(=O)c2ccccc2OCc2cccs2)n1. The number of ether oxygens (including phenoxy) is 2. The number of anilines is 1. The lowest BCUT2D eigenvalue weighted by Crippen LogP contribution is -2.35. The molecule has 2 N–H and O–H groups in total. The first-order valence-corrected chi connectivity index (χ1v) is 10.6. The van der Waals surface area contributed by atoms with E-state index >= 15 is 0 Å². The summed E-state index contributed by atoms with van der Waals surface area (Å²) in [6.45, 7) is 1.78. The van der Waals surface area contributed by atoms with Crippen LogP contribution in [-0.2, 0) is 16.6 Å². The van der Waals surface area contributed by atoms with Crippen LogP contribution in [-0.4, -0.2) is 36.5 Å². The highest BCUT2D eigenvalue weighted by Crippen LogP contribution is 2.25. The zero-order chi connectivity index (χ0) is 20.9. The fraction of sp³-hybridized carbons (Fsp3) is 0.176. The molecule has 29 heavy (non-hydrogen) atoms. The summed E-state index contributed by atoms with van der Waals surface area (Å²) in [6, 6.07) is 8.73. The lowest BCUT2D eigenvalue weighted by Gasteiger charge is -2.12. The van der Waals surface area contributed by atoms with Crippen LogP contribution in [0.5, 0.6) is 11.8 Å². The first-order chi connectivity index (χ1) is 13.9. The highest BCUT2D eigenvalue weighted by atomic mass is 32.2. The number of sulfonamides is 1. The zero-order valence-electron chi connectivity index (χ0n) is 15.4. The van der Waals surface area contributed by atoms with Crippen LogP contribution in [0.15, 0.2) is 46.7 Å². The normalized spacial score (nSPS) is 11.0. The molecule has 3 aromatic rings. The molecule has 2 aromatic heterocycles. The largest absolute Gasteiger partial charge is 0.487 e. The maximum atomic E-state index is 12.7. The third-order valence-electron chi connectivity index (χ3n) is 3.45. The van der Waals surface area contributed by atoms with E-state index in [-0.39, 0.29) is 29.2 Å². The van der Waals surface area contributed by atoms with Crippen molar-refractivity contribution in [1.82, 2.24) is 19.7 Å². The number of hydrogen-bond acceptors (Lipinski definition) is 9. The number of aryl methyl sites for hydroxylation is 1. The molecule has 12 heteroatoms. The van der Waals surface area contributed by atoms with Gasteiger partial charge in [0.2, 0.25) is 5.95 Å². The monoisotopic (exact) mass is 435 g/mol. The molecule has 2 heterocycles. The minimum Gasteiger partial charge on any atom is -0.487 e. The fourth-order valence-corrected chi connectivity index (χ4v) is 3.91. The lowest BCUT2D eigenvalue weighted by atomic mass is 10.3. The second-order valence-electron chi connectivity index (χ2n) is 5.57. The Hall–Kier alpha value is -3.25. The van der Waals surface area contributed by atoms with E-state index in [2.05, 4.69) is 20.3 Å². The average molecular weight is 435 g/mol. The van der Waals surface area contributed by atoms with Crippen molar-refractivity contribution in [3.63, 3.8) is 0 Å². The molecule has 0 saturated carbocycles.